The zero-order chi connectivity index (χ0) is 21.9. The molecule has 5 nitrogen and oxygen atoms in total. The average Bonchev–Trinajstić information content (AvgIpc) is 3.41. The number of aliphatic hydroxyl groups is 3. The second kappa shape index (κ2) is 9.72. The summed E-state index contributed by atoms with van der Waals surface area (Å²) in [6.45, 7) is 6.15. The molecule has 0 radical (unpaired) electrons. The molecule has 0 aromatic heterocycles. The Morgan fingerprint density at radius 2 is 2.00 bits per heavy atom. The van der Waals surface area contributed by atoms with E-state index in [0.29, 0.717) is 18.6 Å². The molecule has 1 saturated carbocycles. The first-order valence-electron chi connectivity index (χ1n) is 10.8. The molecule has 1 aromatic rings. The molecule has 3 N–H and O–H groups in total. The van der Waals surface area contributed by atoms with Crippen molar-refractivity contribution in [2.24, 2.45) is 5.92 Å². The van der Waals surface area contributed by atoms with Crippen LogP contribution in [0.4, 0.5) is 0 Å². The molecule has 6 unspecified atom stereocenters. The van der Waals surface area contributed by atoms with Crippen molar-refractivity contribution in [2.45, 2.75) is 81.9 Å². The van der Waals surface area contributed by atoms with Gasteiger partial charge in [-0.1, -0.05) is 35.9 Å². The first kappa shape index (κ1) is 23.8. The SMILES string of the molecule is COC1C(O)CCC(O)(C2(C)OC2CC=C(C)C)C1CSCc1ccccc1CO. The fraction of sp³-hybridized carbons (Fsp3) is 0.667. The number of hydrogen-bond acceptors (Lipinski definition) is 6. The van der Waals surface area contributed by atoms with Crippen molar-refractivity contribution in [3.8, 4) is 0 Å². The van der Waals surface area contributed by atoms with Gasteiger partial charge in [-0.25, -0.2) is 0 Å². The van der Waals surface area contributed by atoms with Crippen LogP contribution in [0, 0.1) is 5.92 Å². The number of aliphatic hydroxyl groups excluding tert-OH is 2. The summed E-state index contributed by atoms with van der Waals surface area (Å²) in [6, 6.07) is 7.85. The molecule has 1 saturated heterocycles. The van der Waals surface area contributed by atoms with E-state index in [1.54, 1.807) is 18.9 Å². The first-order valence-corrected chi connectivity index (χ1v) is 11.9. The van der Waals surface area contributed by atoms with Gasteiger partial charge in [0, 0.05) is 24.5 Å². The van der Waals surface area contributed by atoms with Crippen molar-refractivity contribution in [1.29, 1.82) is 0 Å². The molecule has 1 aliphatic carbocycles. The van der Waals surface area contributed by atoms with Crippen LogP contribution in [-0.2, 0) is 21.8 Å². The first-order chi connectivity index (χ1) is 14.3. The number of methoxy groups -OCH3 is 1. The Hall–Kier alpha value is -0.890. The van der Waals surface area contributed by atoms with Crippen molar-refractivity contribution in [2.75, 3.05) is 12.9 Å². The summed E-state index contributed by atoms with van der Waals surface area (Å²) in [4.78, 5) is 0. The molecule has 6 atom stereocenters. The molecule has 1 aliphatic heterocycles. The molecule has 2 fully saturated rings. The topological polar surface area (TPSA) is 82.5 Å². The number of epoxide rings is 1. The molecule has 1 heterocycles. The highest BCUT2D eigenvalue weighted by Crippen LogP contribution is 2.55. The molecular formula is C24H36O5S. The van der Waals surface area contributed by atoms with E-state index in [1.165, 1.54) is 5.57 Å². The second-order valence-corrected chi connectivity index (χ2v) is 10.0. The molecule has 1 aromatic carbocycles. The lowest BCUT2D eigenvalue weighted by molar-refractivity contribution is -0.177. The summed E-state index contributed by atoms with van der Waals surface area (Å²) < 4.78 is 11.8. The van der Waals surface area contributed by atoms with Crippen molar-refractivity contribution in [1.82, 2.24) is 0 Å². The van der Waals surface area contributed by atoms with Crippen LogP contribution in [0.5, 0.6) is 0 Å². The fourth-order valence-electron chi connectivity index (χ4n) is 4.83. The van der Waals surface area contributed by atoms with E-state index in [2.05, 4.69) is 19.9 Å². The van der Waals surface area contributed by atoms with Gasteiger partial charge in [0.25, 0.3) is 0 Å². The molecule has 168 valence electrons. The van der Waals surface area contributed by atoms with Gasteiger partial charge in [0.1, 0.15) is 11.2 Å². The van der Waals surface area contributed by atoms with Crippen LogP contribution in [0.25, 0.3) is 0 Å². The Kier molecular flexibility index (Phi) is 7.70. The van der Waals surface area contributed by atoms with Crippen LogP contribution >= 0.6 is 11.8 Å². The third-order valence-corrected chi connectivity index (χ3v) is 7.98. The molecule has 30 heavy (non-hydrogen) atoms. The van der Waals surface area contributed by atoms with Gasteiger partial charge in [-0.2, -0.15) is 11.8 Å². The lowest BCUT2D eigenvalue weighted by Crippen LogP contribution is -2.62. The highest BCUT2D eigenvalue weighted by atomic mass is 32.2. The molecule has 0 spiro atoms. The molecule has 0 amide bonds. The Balaban J connectivity index is 1.76. The number of benzene rings is 1. The maximum absolute atomic E-state index is 11.9. The Labute approximate surface area is 184 Å². The molecule has 6 heteroatoms. The number of allylic oxidation sites excluding steroid dienone is 1. The summed E-state index contributed by atoms with van der Waals surface area (Å²) in [6.07, 6.45) is 2.88. The summed E-state index contributed by atoms with van der Waals surface area (Å²) in [5.41, 5.74) is 1.56. The summed E-state index contributed by atoms with van der Waals surface area (Å²) in [5.74, 6) is 1.12. The zero-order valence-electron chi connectivity index (χ0n) is 18.5. The highest BCUT2D eigenvalue weighted by Gasteiger charge is 2.69. The number of ether oxygens (including phenoxy) is 2. The van der Waals surface area contributed by atoms with Gasteiger partial charge in [0.15, 0.2) is 0 Å². The smallest absolute Gasteiger partial charge is 0.121 e. The normalized spacial score (nSPS) is 35.8. The second-order valence-electron chi connectivity index (χ2n) is 9.01. The molecular weight excluding hydrogens is 400 g/mol. The van der Waals surface area contributed by atoms with E-state index in [0.717, 1.165) is 23.3 Å². The maximum atomic E-state index is 11.9. The van der Waals surface area contributed by atoms with E-state index < -0.39 is 23.4 Å². The monoisotopic (exact) mass is 436 g/mol. The third-order valence-electron chi connectivity index (χ3n) is 6.87. The van der Waals surface area contributed by atoms with Crippen molar-refractivity contribution in [3.63, 3.8) is 0 Å². The number of hydrogen-bond donors (Lipinski definition) is 3. The predicted molar refractivity (Wildman–Crippen MR) is 120 cm³/mol. The summed E-state index contributed by atoms with van der Waals surface area (Å²) >= 11 is 1.70. The van der Waals surface area contributed by atoms with Gasteiger partial charge in [-0.15, -0.1) is 0 Å². The van der Waals surface area contributed by atoms with Crippen LogP contribution in [0.3, 0.4) is 0 Å². The fourth-order valence-corrected chi connectivity index (χ4v) is 6.17. The molecule has 2 aliphatic rings. The predicted octanol–water partition coefficient (Wildman–Crippen LogP) is 3.44. The minimum absolute atomic E-state index is 0.0153. The lowest BCUT2D eigenvalue weighted by Gasteiger charge is -2.48. The van der Waals surface area contributed by atoms with Crippen LogP contribution in [0.15, 0.2) is 35.9 Å². The Morgan fingerprint density at radius 3 is 2.63 bits per heavy atom. The zero-order valence-corrected chi connectivity index (χ0v) is 19.3. The van der Waals surface area contributed by atoms with Crippen molar-refractivity contribution >= 4 is 11.8 Å². The lowest BCUT2D eigenvalue weighted by atomic mass is 9.66. The highest BCUT2D eigenvalue weighted by molar-refractivity contribution is 7.98. The minimum Gasteiger partial charge on any atom is -0.392 e. The number of thioether (sulfide) groups is 1. The quantitative estimate of drug-likeness (QED) is 0.406. The maximum Gasteiger partial charge on any atom is 0.121 e. The van der Waals surface area contributed by atoms with Crippen LogP contribution in [0.1, 0.15) is 51.2 Å². The molecule has 3 rings (SSSR count). The van der Waals surface area contributed by atoms with Gasteiger partial charge in [-0.3, -0.25) is 0 Å². The van der Waals surface area contributed by atoms with E-state index in [4.69, 9.17) is 9.47 Å². The van der Waals surface area contributed by atoms with Crippen molar-refractivity contribution < 1.29 is 24.8 Å². The van der Waals surface area contributed by atoms with Gasteiger partial charge in [-0.05, 0) is 51.2 Å². The molecule has 0 bridgehead atoms. The summed E-state index contributed by atoms with van der Waals surface area (Å²) in [7, 11) is 1.61. The van der Waals surface area contributed by atoms with E-state index in [9.17, 15) is 15.3 Å². The van der Waals surface area contributed by atoms with Gasteiger partial charge >= 0.3 is 0 Å². The van der Waals surface area contributed by atoms with Crippen LogP contribution in [0.2, 0.25) is 0 Å². The van der Waals surface area contributed by atoms with Gasteiger partial charge in [0.05, 0.1) is 24.9 Å². The Bertz CT molecular complexity index is 749. The average molecular weight is 437 g/mol. The third kappa shape index (κ3) is 4.64. The Morgan fingerprint density at radius 1 is 1.30 bits per heavy atom. The minimum atomic E-state index is -1.06. The summed E-state index contributed by atoms with van der Waals surface area (Å²) in [5, 5.41) is 32.0. The van der Waals surface area contributed by atoms with E-state index in [1.807, 2.05) is 31.2 Å². The van der Waals surface area contributed by atoms with E-state index in [-0.39, 0.29) is 18.6 Å². The number of rotatable bonds is 9. The largest absolute Gasteiger partial charge is 0.392 e. The van der Waals surface area contributed by atoms with E-state index >= 15 is 0 Å². The van der Waals surface area contributed by atoms with Crippen LogP contribution < -0.4 is 0 Å². The standard InChI is InChI=1S/C24H36O5S/c1-16(2)9-10-21-23(3,29-21)24(27)12-11-20(26)22(28-4)19(24)15-30-14-18-8-6-5-7-17(18)13-25/h5-9,19-22,25-27H,10-15H2,1-4H3. The van der Waals surface area contributed by atoms with Crippen LogP contribution in [-0.4, -0.2) is 57.7 Å². The van der Waals surface area contributed by atoms with Gasteiger partial charge in [0.2, 0.25) is 0 Å². The van der Waals surface area contributed by atoms with Gasteiger partial charge < -0.3 is 24.8 Å². The van der Waals surface area contributed by atoms with Crippen molar-refractivity contribution in [3.05, 3.63) is 47.0 Å².